The van der Waals surface area contributed by atoms with E-state index in [-0.39, 0.29) is 0 Å². The van der Waals surface area contributed by atoms with Crippen molar-refractivity contribution in [3.8, 4) is 0 Å². The molecule has 2 heterocycles. The highest BCUT2D eigenvalue weighted by Crippen LogP contribution is 2.34. The molecule has 1 fully saturated rings. The zero-order chi connectivity index (χ0) is 12.5. The number of hydrogen-bond acceptors (Lipinski definition) is 3. The van der Waals surface area contributed by atoms with E-state index in [1.807, 2.05) is 0 Å². The van der Waals surface area contributed by atoms with Crippen molar-refractivity contribution in [2.24, 2.45) is 0 Å². The number of fused-ring (bicyclic) bond motifs is 1. The van der Waals surface area contributed by atoms with E-state index in [9.17, 15) is 0 Å². The predicted molar refractivity (Wildman–Crippen MR) is 75.4 cm³/mol. The van der Waals surface area contributed by atoms with Crippen LogP contribution in [0.25, 0.3) is 11.0 Å². The highest BCUT2D eigenvalue weighted by atomic mass is 16.3. The molecule has 1 aliphatic heterocycles. The Kier molecular flexibility index (Phi) is 3.00. The molecule has 1 N–H and O–H groups in total. The zero-order valence-corrected chi connectivity index (χ0v) is 11.1. The third-order valence-electron chi connectivity index (χ3n) is 3.81. The summed E-state index contributed by atoms with van der Waals surface area (Å²) < 4.78 is 5.94. The molecule has 0 amide bonds. The van der Waals surface area contributed by atoms with E-state index >= 15 is 0 Å². The van der Waals surface area contributed by atoms with E-state index in [0.29, 0.717) is 0 Å². The van der Waals surface area contributed by atoms with Gasteiger partial charge >= 0.3 is 0 Å². The van der Waals surface area contributed by atoms with Crippen LogP contribution < -0.4 is 10.2 Å². The van der Waals surface area contributed by atoms with Gasteiger partial charge in [-0.25, -0.2) is 0 Å². The number of rotatable bonds is 2. The number of hydrogen-bond donors (Lipinski definition) is 1. The van der Waals surface area contributed by atoms with Gasteiger partial charge in [-0.15, -0.1) is 0 Å². The smallest absolute Gasteiger partial charge is 0.136 e. The maximum atomic E-state index is 5.94. The predicted octanol–water partition coefficient (Wildman–Crippen LogP) is 2.71. The van der Waals surface area contributed by atoms with Crippen molar-refractivity contribution in [2.75, 3.05) is 31.1 Å². The first kappa shape index (κ1) is 11.6. The first-order valence-electron chi connectivity index (χ1n) is 6.78. The standard InChI is InChI=1S/C15H20N2O/c1-3-13-11(2)15-12(5-4-6-14(15)18-13)17-9-7-16-8-10-17/h4-6,16H,3,7-10H2,1-2H3. The van der Waals surface area contributed by atoms with Gasteiger partial charge in [0.05, 0.1) is 0 Å². The Bertz CT molecular complexity index is 553. The van der Waals surface area contributed by atoms with E-state index in [2.05, 4.69) is 42.3 Å². The molecule has 0 unspecified atom stereocenters. The first-order valence-corrected chi connectivity index (χ1v) is 6.78. The van der Waals surface area contributed by atoms with Crippen LogP contribution in [-0.4, -0.2) is 26.2 Å². The van der Waals surface area contributed by atoms with Crippen LogP contribution in [0.1, 0.15) is 18.2 Å². The van der Waals surface area contributed by atoms with Crippen molar-refractivity contribution in [3.05, 3.63) is 29.5 Å². The number of nitrogens with zero attached hydrogens (tertiary/aromatic N) is 1. The van der Waals surface area contributed by atoms with Crippen LogP contribution in [0.2, 0.25) is 0 Å². The van der Waals surface area contributed by atoms with Gasteiger partial charge in [-0.3, -0.25) is 0 Å². The van der Waals surface area contributed by atoms with Crippen molar-refractivity contribution in [3.63, 3.8) is 0 Å². The molecule has 0 atom stereocenters. The normalized spacial score (nSPS) is 16.4. The topological polar surface area (TPSA) is 28.4 Å². The van der Waals surface area contributed by atoms with Crippen molar-refractivity contribution in [1.29, 1.82) is 0 Å². The van der Waals surface area contributed by atoms with Crippen LogP contribution in [0.5, 0.6) is 0 Å². The van der Waals surface area contributed by atoms with Gasteiger partial charge in [-0.05, 0) is 19.1 Å². The fourth-order valence-electron chi connectivity index (χ4n) is 2.84. The van der Waals surface area contributed by atoms with Gasteiger partial charge in [0.25, 0.3) is 0 Å². The van der Waals surface area contributed by atoms with Gasteiger partial charge in [0.15, 0.2) is 0 Å². The van der Waals surface area contributed by atoms with Crippen LogP contribution in [-0.2, 0) is 6.42 Å². The number of aryl methyl sites for hydroxylation is 2. The van der Waals surface area contributed by atoms with Crippen molar-refractivity contribution < 1.29 is 4.42 Å². The summed E-state index contributed by atoms with van der Waals surface area (Å²) in [4.78, 5) is 2.46. The monoisotopic (exact) mass is 244 g/mol. The molecule has 1 aromatic heterocycles. The molecule has 3 nitrogen and oxygen atoms in total. The molecule has 3 heteroatoms. The summed E-state index contributed by atoms with van der Waals surface area (Å²) in [5, 5.41) is 4.70. The molecule has 0 bridgehead atoms. The lowest BCUT2D eigenvalue weighted by atomic mass is 10.1. The second-order valence-corrected chi connectivity index (χ2v) is 4.89. The minimum absolute atomic E-state index is 0.960. The quantitative estimate of drug-likeness (QED) is 0.880. The van der Waals surface area contributed by atoms with Gasteiger partial charge in [0.2, 0.25) is 0 Å². The molecule has 1 aromatic carbocycles. The fraction of sp³-hybridized carbons (Fsp3) is 0.467. The molecular formula is C15H20N2O. The van der Waals surface area contributed by atoms with Crippen molar-refractivity contribution >= 4 is 16.7 Å². The minimum atomic E-state index is 0.960. The molecule has 96 valence electrons. The van der Waals surface area contributed by atoms with Crippen molar-refractivity contribution in [1.82, 2.24) is 5.32 Å². The van der Waals surface area contributed by atoms with Crippen LogP contribution in [0.3, 0.4) is 0 Å². The maximum absolute atomic E-state index is 5.94. The molecule has 1 aliphatic rings. The molecule has 18 heavy (non-hydrogen) atoms. The van der Waals surface area contributed by atoms with E-state index in [0.717, 1.165) is 43.9 Å². The fourth-order valence-corrected chi connectivity index (χ4v) is 2.84. The SMILES string of the molecule is CCc1oc2cccc(N3CCNCC3)c2c1C. The third kappa shape index (κ3) is 1.79. The Morgan fingerprint density at radius 1 is 1.28 bits per heavy atom. The number of piperazine rings is 1. The third-order valence-corrected chi connectivity index (χ3v) is 3.81. The van der Waals surface area contributed by atoms with Crippen LogP contribution in [0.15, 0.2) is 22.6 Å². The minimum Gasteiger partial charge on any atom is -0.461 e. The zero-order valence-electron chi connectivity index (χ0n) is 11.1. The number of benzene rings is 1. The Morgan fingerprint density at radius 2 is 2.06 bits per heavy atom. The van der Waals surface area contributed by atoms with Crippen LogP contribution in [0, 0.1) is 6.92 Å². The van der Waals surface area contributed by atoms with Gasteiger partial charge in [-0.2, -0.15) is 0 Å². The molecule has 0 saturated carbocycles. The highest BCUT2D eigenvalue weighted by molar-refractivity contribution is 5.94. The summed E-state index contributed by atoms with van der Waals surface area (Å²) in [7, 11) is 0. The molecule has 0 aliphatic carbocycles. The Balaban J connectivity index is 2.13. The number of anilines is 1. The first-order chi connectivity index (χ1) is 8.81. The van der Waals surface area contributed by atoms with Gasteiger partial charge in [0.1, 0.15) is 11.3 Å². The number of nitrogens with one attached hydrogen (secondary N) is 1. The maximum Gasteiger partial charge on any atom is 0.136 e. The summed E-state index contributed by atoms with van der Waals surface area (Å²) >= 11 is 0. The molecule has 1 saturated heterocycles. The van der Waals surface area contributed by atoms with Crippen molar-refractivity contribution in [2.45, 2.75) is 20.3 Å². The van der Waals surface area contributed by atoms with E-state index < -0.39 is 0 Å². The summed E-state index contributed by atoms with van der Waals surface area (Å²) in [5.41, 5.74) is 3.66. The van der Waals surface area contributed by atoms with Crippen LogP contribution in [0.4, 0.5) is 5.69 Å². The molecule has 2 aromatic rings. The van der Waals surface area contributed by atoms with Gasteiger partial charge < -0.3 is 14.6 Å². The summed E-state index contributed by atoms with van der Waals surface area (Å²) in [6.45, 7) is 8.60. The largest absolute Gasteiger partial charge is 0.461 e. The van der Waals surface area contributed by atoms with E-state index in [1.54, 1.807) is 0 Å². The summed E-state index contributed by atoms with van der Waals surface area (Å²) in [6.07, 6.45) is 0.960. The van der Waals surface area contributed by atoms with Crippen LogP contribution >= 0.6 is 0 Å². The Morgan fingerprint density at radius 3 is 2.78 bits per heavy atom. The second kappa shape index (κ2) is 4.65. The number of furan rings is 1. The average Bonchev–Trinajstić information content (AvgIpc) is 2.76. The Labute approximate surface area is 108 Å². The lowest BCUT2D eigenvalue weighted by Gasteiger charge is -2.30. The summed E-state index contributed by atoms with van der Waals surface area (Å²) in [6, 6.07) is 6.39. The van der Waals surface area contributed by atoms with E-state index in [4.69, 9.17) is 4.42 Å². The van der Waals surface area contributed by atoms with E-state index in [1.165, 1.54) is 16.6 Å². The van der Waals surface area contributed by atoms with Gasteiger partial charge in [0, 0.05) is 49.2 Å². The Hall–Kier alpha value is -1.48. The lowest BCUT2D eigenvalue weighted by molar-refractivity contribution is 0.553. The lowest BCUT2D eigenvalue weighted by Crippen LogP contribution is -2.43. The second-order valence-electron chi connectivity index (χ2n) is 4.89. The molecular weight excluding hydrogens is 224 g/mol. The summed E-state index contributed by atoms with van der Waals surface area (Å²) in [5.74, 6) is 1.12. The highest BCUT2D eigenvalue weighted by Gasteiger charge is 2.17. The molecule has 3 rings (SSSR count). The molecule has 0 spiro atoms. The molecule has 0 radical (unpaired) electrons. The van der Waals surface area contributed by atoms with Gasteiger partial charge in [-0.1, -0.05) is 13.0 Å². The average molecular weight is 244 g/mol.